The monoisotopic (exact) mass is 889 g/mol. The second kappa shape index (κ2) is 15.6. The molecule has 330 valence electrons. The molecule has 3 aromatic carbocycles. The Hall–Kier alpha value is -7.07. The van der Waals surface area contributed by atoms with E-state index in [-0.39, 0.29) is 35.5 Å². The summed E-state index contributed by atoms with van der Waals surface area (Å²) >= 11 is 6.13. The molecule has 9 rings (SSSR count). The number of fused-ring (bicyclic) bond motifs is 10. The van der Waals surface area contributed by atoms with Gasteiger partial charge in [0.05, 0.1) is 40.9 Å². The summed E-state index contributed by atoms with van der Waals surface area (Å²) in [6.45, 7) is 15.7. The zero-order valence-corrected chi connectivity index (χ0v) is 37.4. The first-order chi connectivity index (χ1) is 30.0. The summed E-state index contributed by atoms with van der Waals surface area (Å²) in [5, 5.41) is 7.76. The normalized spacial score (nSPS) is 13.9. The van der Waals surface area contributed by atoms with Gasteiger partial charge >= 0.3 is 18.3 Å². The van der Waals surface area contributed by atoms with Crippen molar-refractivity contribution >= 4 is 96.6 Å². The number of nitrogens with one attached hydrogen (secondary N) is 2. The molecule has 0 spiro atoms. The molecule has 0 atom stereocenters. The fraction of sp³-hybridized carbons (Fsp3) is 0.298. The Bertz CT molecular complexity index is 3120. The first-order valence-corrected chi connectivity index (χ1v) is 20.7. The van der Waals surface area contributed by atoms with Gasteiger partial charge in [0, 0.05) is 56.1 Å². The van der Waals surface area contributed by atoms with Crippen molar-refractivity contribution < 1.29 is 42.6 Å². The summed E-state index contributed by atoms with van der Waals surface area (Å²) in [6, 6.07) is 16.9. The van der Waals surface area contributed by atoms with Gasteiger partial charge in [0.15, 0.2) is 0 Å². The summed E-state index contributed by atoms with van der Waals surface area (Å²) < 4.78 is 31.3. The minimum absolute atomic E-state index is 0.114. The Morgan fingerprint density at radius 1 is 0.688 bits per heavy atom. The second-order valence-corrected chi connectivity index (χ2v) is 18.9. The number of amides is 4. The van der Waals surface area contributed by atoms with Crippen LogP contribution in [0.15, 0.2) is 73.1 Å². The Kier molecular flexibility index (Phi) is 10.6. The third-order valence-electron chi connectivity index (χ3n) is 10.1. The second-order valence-electron chi connectivity index (χ2n) is 18.5. The number of rotatable bonds is 2. The van der Waals surface area contributed by atoms with Gasteiger partial charge in [-0.15, -0.1) is 0 Å². The summed E-state index contributed by atoms with van der Waals surface area (Å²) in [4.78, 5) is 78.6. The first kappa shape index (κ1) is 43.6. The van der Waals surface area contributed by atoms with Gasteiger partial charge in [0.1, 0.15) is 33.6 Å². The minimum atomic E-state index is -0.771. The van der Waals surface area contributed by atoms with Crippen LogP contribution in [0.3, 0.4) is 0 Å². The number of benzene rings is 3. The number of H-pyrrole nitrogens is 1. The molecule has 2 aliphatic heterocycles. The van der Waals surface area contributed by atoms with Crippen molar-refractivity contribution in [2.45, 2.75) is 92.2 Å². The Morgan fingerprint density at radius 3 is 1.91 bits per heavy atom. The maximum Gasteiger partial charge on any atom is 0.419 e. The van der Waals surface area contributed by atoms with E-state index in [1.54, 1.807) is 105 Å². The van der Waals surface area contributed by atoms with Crippen LogP contribution in [0.4, 0.5) is 30.3 Å². The van der Waals surface area contributed by atoms with Crippen LogP contribution >= 0.6 is 11.6 Å². The highest BCUT2D eigenvalue weighted by molar-refractivity contribution is 6.31. The van der Waals surface area contributed by atoms with Gasteiger partial charge < -0.3 is 24.5 Å². The van der Waals surface area contributed by atoms with Gasteiger partial charge in [0.2, 0.25) is 0 Å². The quantitative estimate of drug-likeness (QED) is 0.125. The van der Waals surface area contributed by atoms with Gasteiger partial charge in [-0.2, -0.15) is 0 Å². The van der Waals surface area contributed by atoms with E-state index in [0.29, 0.717) is 44.7 Å². The average Bonchev–Trinajstić information content (AvgIpc) is 3.91. The molecule has 0 saturated carbocycles. The number of anilines is 2. The van der Waals surface area contributed by atoms with Crippen LogP contribution in [0.25, 0.3) is 43.4 Å². The number of pyridine rings is 2. The molecule has 4 aromatic heterocycles. The standard InChI is InChI=1S/C24H21FN4O3.C23H24ClN3O5/c1-24(2,3)32-23(31)29-12-18-20(22(29)30)16-8-7-13-11-26-19(10-17(13)21(16)28-18)27-15-6-4-5-14(25)9-15;1-22(2,3)31-20(29)26-11-15-17(19(26)28)13-8-7-12-10-25-16(24)9-14(12)18(13)27(15)21(30)32-23(4,5)6/h4-11,28H,12H2,1-3H3,(H,26,27);7-10H,11H2,1-6H3. The Morgan fingerprint density at radius 2 is 1.27 bits per heavy atom. The summed E-state index contributed by atoms with van der Waals surface area (Å²) in [5.74, 6) is -0.702. The molecular weight excluding hydrogens is 845 g/mol. The summed E-state index contributed by atoms with van der Waals surface area (Å²) in [5.41, 5.74) is 1.41. The number of aromatic amines is 1. The van der Waals surface area contributed by atoms with E-state index in [2.05, 4.69) is 20.3 Å². The summed E-state index contributed by atoms with van der Waals surface area (Å²) in [7, 11) is 0. The molecule has 17 heteroatoms. The molecule has 64 heavy (non-hydrogen) atoms. The van der Waals surface area contributed by atoms with E-state index < -0.39 is 41.0 Å². The third kappa shape index (κ3) is 8.40. The van der Waals surface area contributed by atoms with Crippen LogP contribution in [-0.4, -0.2) is 76.2 Å². The molecule has 4 amide bonds. The van der Waals surface area contributed by atoms with Crippen molar-refractivity contribution in [3.63, 3.8) is 0 Å². The molecular formula is C47H45ClFN7O8. The van der Waals surface area contributed by atoms with E-state index in [4.69, 9.17) is 25.8 Å². The maximum atomic E-state index is 13.5. The van der Waals surface area contributed by atoms with Crippen LogP contribution in [0.1, 0.15) is 94.4 Å². The molecule has 0 unspecified atom stereocenters. The highest BCUT2D eigenvalue weighted by Gasteiger charge is 2.42. The van der Waals surface area contributed by atoms with Gasteiger partial charge in [0.25, 0.3) is 11.8 Å². The van der Waals surface area contributed by atoms with Crippen molar-refractivity contribution in [2.24, 2.45) is 0 Å². The molecule has 2 aliphatic rings. The van der Waals surface area contributed by atoms with Crippen molar-refractivity contribution in [1.82, 2.24) is 29.3 Å². The maximum absolute atomic E-state index is 13.5. The van der Waals surface area contributed by atoms with E-state index in [1.165, 1.54) is 16.7 Å². The van der Waals surface area contributed by atoms with Crippen molar-refractivity contribution in [3.8, 4) is 0 Å². The van der Waals surface area contributed by atoms with Crippen LogP contribution in [0, 0.1) is 5.82 Å². The van der Waals surface area contributed by atoms with Crippen LogP contribution in [0.5, 0.6) is 0 Å². The van der Waals surface area contributed by atoms with Gasteiger partial charge in [-0.05, 0) is 92.6 Å². The molecule has 2 N–H and O–H groups in total. The first-order valence-electron chi connectivity index (χ1n) is 20.4. The molecule has 0 bridgehead atoms. The topological polar surface area (TPSA) is 178 Å². The number of imide groups is 2. The molecule has 7 aromatic rings. The van der Waals surface area contributed by atoms with Crippen LogP contribution < -0.4 is 5.32 Å². The van der Waals surface area contributed by atoms with Crippen molar-refractivity contribution in [3.05, 3.63) is 107 Å². The molecule has 6 heterocycles. The zero-order chi connectivity index (χ0) is 46.2. The largest absolute Gasteiger partial charge is 0.443 e. The van der Waals surface area contributed by atoms with E-state index in [9.17, 15) is 28.4 Å². The predicted octanol–water partition coefficient (Wildman–Crippen LogP) is 11.0. The van der Waals surface area contributed by atoms with Gasteiger partial charge in [-0.1, -0.05) is 41.9 Å². The highest BCUT2D eigenvalue weighted by atomic mass is 35.5. The van der Waals surface area contributed by atoms with Crippen LogP contribution in [-0.2, 0) is 27.3 Å². The SMILES string of the molecule is CC(C)(C)OC(=O)N1Cc2[nH]c3c(ccc4cnc(Nc5cccc(F)c5)cc43)c2C1=O.CC(C)(C)OC(=O)N1Cc2c(c3ccc4cnc(Cl)cc4c3n2C(=O)OC(C)(C)C)C1=O. The number of aromatic nitrogens is 4. The fourth-order valence-corrected chi connectivity index (χ4v) is 7.81. The minimum Gasteiger partial charge on any atom is -0.443 e. The van der Waals surface area contributed by atoms with E-state index in [1.807, 2.05) is 18.2 Å². The number of hydrogen-bond donors (Lipinski definition) is 2. The molecule has 0 saturated heterocycles. The molecule has 0 radical (unpaired) electrons. The lowest BCUT2D eigenvalue weighted by Crippen LogP contribution is -2.37. The Labute approximate surface area is 371 Å². The number of ether oxygens (including phenoxy) is 3. The van der Waals surface area contributed by atoms with E-state index >= 15 is 0 Å². The fourth-order valence-electron chi connectivity index (χ4n) is 7.65. The number of hydrogen-bond acceptors (Lipinski definition) is 11. The lowest BCUT2D eigenvalue weighted by atomic mass is 10.1. The van der Waals surface area contributed by atoms with Crippen molar-refractivity contribution in [2.75, 3.05) is 5.32 Å². The molecule has 15 nitrogen and oxygen atoms in total. The van der Waals surface area contributed by atoms with E-state index in [0.717, 1.165) is 36.9 Å². The number of carbonyl (C=O) groups is 5. The molecule has 0 fully saturated rings. The summed E-state index contributed by atoms with van der Waals surface area (Å²) in [6.07, 6.45) is 1.24. The van der Waals surface area contributed by atoms with Crippen molar-refractivity contribution in [1.29, 1.82) is 0 Å². The van der Waals surface area contributed by atoms with Crippen LogP contribution in [0.2, 0.25) is 5.15 Å². The lowest BCUT2D eigenvalue weighted by Gasteiger charge is -2.24. The highest BCUT2D eigenvalue weighted by Crippen LogP contribution is 2.39. The number of nitrogens with zero attached hydrogens (tertiary/aromatic N) is 5. The zero-order valence-electron chi connectivity index (χ0n) is 36.6. The lowest BCUT2D eigenvalue weighted by molar-refractivity contribution is 0.0228. The predicted molar refractivity (Wildman–Crippen MR) is 239 cm³/mol. The average molecular weight is 890 g/mol. The smallest absolute Gasteiger partial charge is 0.419 e. The number of carbonyl (C=O) groups excluding carboxylic acids is 5. The van der Waals surface area contributed by atoms with Gasteiger partial charge in [-0.25, -0.2) is 43.1 Å². The third-order valence-corrected chi connectivity index (χ3v) is 10.3. The number of halogens is 2. The Balaban J connectivity index is 0.000000175. The molecule has 0 aliphatic carbocycles. The van der Waals surface area contributed by atoms with Gasteiger partial charge in [-0.3, -0.25) is 9.59 Å².